The maximum Gasteiger partial charge on any atom is 0.337 e. The molecule has 0 unspecified atom stereocenters. The normalized spacial score (nSPS) is 20.9. The smallest absolute Gasteiger partial charge is 0.337 e. The molecule has 0 bridgehead atoms. The van der Waals surface area contributed by atoms with Crippen LogP contribution in [0.2, 0.25) is 0 Å². The van der Waals surface area contributed by atoms with Crippen LogP contribution in [-0.2, 0) is 17.7 Å². The van der Waals surface area contributed by atoms with Crippen molar-refractivity contribution in [3.8, 4) is 0 Å². The molecular weight excluding hydrogens is 304 g/mol. The molecule has 0 saturated carbocycles. The van der Waals surface area contributed by atoms with E-state index in [9.17, 15) is 9.90 Å². The van der Waals surface area contributed by atoms with E-state index in [4.69, 9.17) is 4.74 Å². The maximum absolute atomic E-state index is 11.6. The molecule has 0 amide bonds. The zero-order chi connectivity index (χ0) is 16.9. The van der Waals surface area contributed by atoms with Crippen LogP contribution in [0.15, 0.2) is 48.8 Å². The highest BCUT2D eigenvalue weighted by Gasteiger charge is 2.31. The van der Waals surface area contributed by atoms with Crippen LogP contribution in [0.3, 0.4) is 0 Å². The summed E-state index contributed by atoms with van der Waals surface area (Å²) < 4.78 is 4.76. The molecule has 24 heavy (non-hydrogen) atoms. The number of hydrogen-bond donors (Lipinski definition) is 1. The lowest BCUT2D eigenvalue weighted by atomic mass is 9.97. The lowest BCUT2D eigenvalue weighted by molar-refractivity contribution is 0.0600. The summed E-state index contributed by atoms with van der Waals surface area (Å²) in [5.74, 6) is -0.106. The zero-order valence-corrected chi connectivity index (χ0v) is 13.8. The Hall–Kier alpha value is -2.24. The van der Waals surface area contributed by atoms with E-state index in [-0.39, 0.29) is 18.0 Å². The Morgan fingerprint density at radius 2 is 2.04 bits per heavy atom. The summed E-state index contributed by atoms with van der Waals surface area (Å²) in [7, 11) is 1.38. The van der Waals surface area contributed by atoms with E-state index in [2.05, 4.69) is 9.88 Å². The summed E-state index contributed by atoms with van der Waals surface area (Å²) in [4.78, 5) is 17.9. The first-order valence-corrected chi connectivity index (χ1v) is 8.12. The van der Waals surface area contributed by atoms with Crippen LogP contribution >= 0.6 is 0 Å². The van der Waals surface area contributed by atoms with E-state index in [1.807, 2.05) is 30.3 Å². The number of likely N-dealkylation sites (tertiary alicyclic amines) is 1. The van der Waals surface area contributed by atoms with Gasteiger partial charge in [-0.1, -0.05) is 12.1 Å². The highest BCUT2D eigenvalue weighted by Crippen LogP contribution is 2.23. The van der Waals surface area contributed by atoms with Crippen molar-refractivity contribution in [2.75, 3.05) is 20.2 Å². The van der Waals surface area contributed by atoms with Gasteiger partial charge in [-0.05, 0) is 41.8 Å². The number of β-amino-alcohol motifs (C(OH)–C–C–N with tert-alkyl or cyclic N) is 1. The lowest BCUT2D eigenvalue weighted by Gasteiger charge is -2.16. The Labute approximate surface area is 141 Å². The minimum absolute atomic E-state index is 0.219. The van der Waals surface area contributed by atoms with Gasteiger partial charge in [-0.25, -0.2) is 4.79 Å². The van der Waals surface area contributed by atoms with Gasteiger partial charge in [0, 0.05) is 37.9 Å². The van der Waals surface area contributed by atoms with Crippen LogP contribution < -0.4 is 0 Å². The van der Waals surface area contributed by atoms with Crippen molar-refractivity contribution in [2.45, 2.75) is 19.1 Å². The van der Waals surface area contributed by atoms with Crippen molar-refractivity contribution in [1.29, 1.82) is 0 Å². The van der Waals surface area contributed by atoms with Crippen LogP contribution in [0.4, 0.5) is 0 Å². The van der Waals surface area contributed by atoms with Crippen molar-refractivity contribution >= 4 is 5.97 Å². The summed E-state index contributed by atoms with van der Waals surface area (Å²) in [6, 6.07) is 11.5. The Morgan fingerprint density at radius 1 is 1.25 bits per heavy atom. The topological polar surface area (TPSA) is 62.7 Å². The Morgan fingerprint density at radius 3 is 2.79 bits per heavy atom. The first-order valence-electron chi connectivity index (χ1n) is 8.12. The number of methoxy groups -OCH3 is 1. The van der Waals surface area contributed by atoms with Crippen molar-refractivity contribution in [2.24, 2.45) is 5.92 Å². The van der Waals surface area contributed by atoms with Gasteiger partial charge >= 0.3 is 5.97 Å². The molecule has 1 aliphatic heterocycles. The lowest BCUT2D eigenvalue weighted by Crippen LogP contribution is -2.21. The number of aliphatic hydroxyl groups is 1. The number of esters is 1. The molecule has 0 radical (unpaired) electrons. The van der Waals surface area contributed by atoms with Gasteiger partial charge in [-0.15, -0.1) is 0 Å². The highest BCUT2D eigenvalue weighted by molar-refractivity contribution is 5.89. The minimum Gasteiger partial charge on any atom is -0.465 e. The first-order chi connectivity index (χ1) is 11.7. The van der Waals surface area contributed by atoms with Crippen LogP contribution in [0.5, 0.6) is 0 Å². The second kappa shape index (κ2) is 7.55. The second-order valence-corrected chi connectivity index (χ2v) is 6.27. The molecule has 1 N–H and O–H groups in total. The fraction of sp³-hybridized carbons (Fsp3) is 0.368. The highest BCUT2D eigenvalue weighted by atomic mass is 16.5. The predicted octanol–water partition coefficient (Wildman–Crippen LogP) is 1.90. The number of benzene rings is 1. The molecule has 1 saturated heterocycles. The second-order valence-electron chi connectivity index (χ2n) is 6.27. The van der Waals surface area contributed by atoms with Gasteiger partial charge in [0.25, 0.3) is 0 Å². The molecule has 2 heterocycles. The number of carbonyl (C=O) groups is 1. The molecule has 1 aromatic heterocycles. The summed E-state index contributed by atoms with van der Waals surface area (Å²) in [5, 5.41) is 10.3. The zero-order valence-electron chi connectivity index (χ0n) is 13.8. The number of aromatic nitrogens is 1. The van der Waals surface area contributed by atoms with Crippen molar-refractivity contribution in [3.63, 3.8) is 0 Å². The number of nitrogens with zero attached hydrogens (tertiary/aromatic N) is 2. The largest absolute Gasteiger partial charge is 0.465 e. The number of ether oxygens (including phenoxy) is 1. The standard InChI is InChI=1S/C19H22N2O3/c1-24-19(23)16-4-2-3-15(10-16)11-21-12-17(18(22)13-21)9-14-5-7-20-8-6-14/h2-8,10,17-18,22H,9,11-13H2,1H3/t17-,18+/m1/s1. The minimum atomic E-state index is -0.332. The van der Waals surface area contributed by atoms with Crippen LogP contribution in [0.25, 0.3) is 0 Å². The van der Waals surface area contributed by atoms with Gasteiger partial charge < -0.3 is 9.84 Å². The third kappa shape index (κ3) is 3.99. The molecule has 0 aliphatic carbocycles. The molecule has 1 aromatic carbocycles. The molecule has 2 atom stereocenters. The molecule has 5 heteroatoms. The molecule has 2 aromatic rings. The first kappa shape index (κ1) is 16.6. The third-order valence-electron chi connectivity index (χ3n) is 4.48. The van der Waals surface area contributed by atoms with E-state index >= 15 is 0 Å². The monoisotopic (exact) mass is 326 g/mol. The van der Waals surface area contributed by atoms with Crippen LogP contribution in [0, 0.1) is 5.92 Å². The van der Waals surface area contributed by atoms with Gasteiger partial charge in [0.05, 0.1) is 18.8 Å². The summed E-state index contributed by atoms with van der Waals surface area (Å²) >= 11 is 0. The van der Waals surface area contributed by atoms with Gasteiger partial charge in [0.1, 0.15) is 0 Å². The van der Waals surface area contributed by atoms with Gasteiger partial charge in [0.15, 0.2) is 0 Å². The molecule has 3 rings (SSSR count). The third-order valence-corrected chi connectivity index (χ3v) is 4.48. The SMILES string of the molecule is COC(=O)c1cccc(CN2C[C@@H](Cc3ccncc3)[C@@H](O)C2)c1. The number of pyridine rings is 1. The van der Waals surface area contributed by atoms with E-state index in [0.717, 1.165) is 25.1 Å². The summed E-state index contributed by atoms with van der Waals surface area (Å²) in [6.07, 6.45) is 4.09. The molecule has 0 spiro atoms. The van der Waals surface area contributed by atoms with E-state index < -0.39 is 0 Å². The number of aliphatic hydroxyl groups excluding tert-OH is 1. The molecule has 1 fully saturated rings. The van der Waals surface area contributed by atoms with Gasteiger partial charge in [-0.3, -0.25) is 9.88 Å². The number of rotatable bonds is 5. The van der Waals surface area contributed by atoms with Gasteiger partial charge in [0.2, 0.25) is 0 Å². The van der Waals surface area contributed by atoms with E-state index in [0.29, 0.717) is 12.1 Å². The van der Waals surface area contributed by atoms with Crippen LogP contribution in [0.1, 0.15) is 21.5 Å². The average Bonchev–Trinajstić information content (AvgIpc) is 2.94. The van der Waals surface area contributed by atoms with Gasteiger partial charge in [-0.2, -0.15) is 0 Å². The molecule has 126 valence electrons. The van der Waals surface area contributed by atoms with Crippen LogP contribution in [-0.4, -0.2) is 47.3 Å². The Bertz CT molecular complexity index is 690. The summed E-state index contributed by atoms with van der Waals surface area (Å²) in [5.41, 5.74) is 2.81. The number of hydrogen-bond acceptors (Lipinski definition) is 5. The van der Waals surface area contributed by atoms with E-state index in [1.165, 1.54) is 12.7 Å². The van der Waals surface area contributed by atoms with Crippen molar-refractivity contribution in [3.05, 3.63) is 65.5 Å². The Balaban J connectivity index is 1.62. The average molecular weight is 326 g/mol. The van der Waals surface area contributed by atoms with E-state index in [1.54, 1.807) is 18.5 Å². The Kier molecular flexibility index (Phi) is 5.23. The van der Waals surface area contributed by atoms with Crippen molar-refractivity contribution < 1.29 is 14.6 Å². The fourth-order valence-corrected chi connectivity index (χ4v) is 3.27. The molecular formula is C19H22N2O3. The number of carbonyl (C=O) groups excluding carboxylic acids is 1. The van der Waals surface area contributed by atoms with Crippen molar-refractivity contribution in [1.82, 2.24) is 9.88 Å². The predicted molar refractivity (Wildman–Crippen MR) is 90.5 cm³/mol. The molecule has 1 aliphatic rings. The maximum atomic E-state index is 11.6. The summed E-state index contributed by atoms with van der Waals surface area (Å²) in [6.45, 7) is 2.21. The quantitative estimate of drug-likeness (QED) is 0.851. The molecule has 5 nitrogen and oxygen atoms in total. The fourth-order valence-electron chi connectivity index (χ4n) is 3.27.